The summed E-state index contributed by atoms with van der Waals surface area (Å²) in [5.74, 6) is -1.56. The largest absolute Gasteiger partial charge is 0.469 e. The van der Waals surface area contributed by atoms with Gasteiger partial charge in [0.2, 0.25) is 10.0 Å². The lowest BCUT2D eigenvalue weighted by Gasteiger charge is -2.28. The van der Waals surface area contributed by atoms with E-state index in [1.54, 1.807) is 6.92 Å². The van der Waals surface area contributed by atoms with Crippen LogP contribution in [0, 0.1) is 5.92 Å². The first-order valence-corrected chi connectivity index (χ1v) is 8.27. The van der Waals surface area contributed by atoms with E-state index in [0.717, 1.165) is 7.11 Å². The molecule has 2 unspecified atom stereocenters. The van der Waals surface area contributed by atoms with E-state index in [0.29, 0.717) is 17.1 Å². The molecular formula is C12H20F3NO4S. The van der Waals surface area contributed by atoms with Crippen molar-refractivity contribution in [3.05, 3.63) is 0 Å². The van der Waals surface area contributed by atoms with Crippen LogP contribution in [0.5, 0.6) is 0 Å². The summed E-state index contributed by atoms with van der Waals surface area (Å²) >= 11 is 0. The van der Waals surface area contributed by atoms with Crippen molar-refractivity contribution >= 4 is 16.0 Å². The molecule has 5 nitrogen and oxygen atoms in total. The summed E-state index contributed by atoms with van der Waals surface area (Å²) in [5, 5.41) is -1.13. The van der Waals surface area contributed by atoms with Gasteiger partial charge in [-0.3, -0.25) is 4.79 Å². The SMILES string of the molecule is CCCN(CC(F)(F)F)S(=O)(=O)C1CCCC1C(=O)OC. The number of methoxy groups -OCH3 is 1. The zero-order chi connectivity index (χ0) is 16.3. The van der Waals surface area contributed by atoms with Crippen LogP contribution in [0.3, 0.4) is 0 Å². The van der Waals surface area contributed by atoms with Gasteiger partial charge in [-0.05, 0) is 19.3 Å². The average molecular weight is 331 g/mol. The smallest absolute Gasteiger partial charge is 0.402 e. The van der Waals surface area contributed by atoms with E-state index in [1.807, 2.05) is 0 Å². The molecule has 0 aromatic heterocycles. The lowest BCUT2D eigenvalue weighted by molar-refractivity contribution is -0.145. The number of sulfonamides is 1. The number of hydrogen-bond acceptors (Lipinski definition) is 4. The zero-order valence-electron chi connectivity index (χ0n) is 12.0. The van der Waals surface area contributed by atoms with Crippen LogP contribution in [0.1, 0.15) is 32.6 Å². The molecule has 1 rings (SSSR count). The standard InChI is InChI=1S/C12H20F3NO4S/c1-3-7-16(8-12(13,14)15)21(18,19)10-6-4-5-9(10)11(17)20-2/h9-10H,3-8H2,1-2H3. The highest BCUT2D eigenvalue weighted by Gasteiger charge is 2.46. The molecule has 9 heteroatoms. The quantitative estimate of drug-likeness (QED) is 0.698. The molecule has 0 radical (unpaired) electrons. The number of rotatable bonds is 6. The second-order valence-corrected chi connectivity index (χ2v) is 7.24. The highest BCUT2D eigenvalue weighted by molar-refractivity contribution is 7.89. The van der Waals surface area contributed by atoms with Gasteiger partial charge in [-0.25, -0.2) is 8.42 Å². The van der Waals surface area contributed by atoms with Crippen LogP contribution in [0.15, 0.2) is 0 Å². The van der Waals surface area contributed by atoms with E-state index < -0.39 is 39.9 Å². The second kappa shape index (κ2) is 6.95. The Bertz CT molecular complexity index is 464. The van der Waals surface area contributed by atoms with Crippen molar-refractivity contribution in [2.45, 2.75) is 44.0 Å². The van der Waals surface area contributed by atoms with E-state index in [9.17, 15) is 26.4 Å². The highest BCUT2D eigenvalue weighted by atomic mass is 32.2. The Labute approximate surface area is 122 Å². The average Bonchev–Trinajstić information content (AvgIpc) is 2.85. The lowest BCUT2D eigenvalue weighted by Crippen LogP contribution is -2.46. The highest BCUT2D eigenvalue weighted by Crippen LogP contribution is 2.34. The van der Waals surface area contributed by atoms with Gasteiger partial charge in [0.25, 0.3) is 0 Å². The fraction of sp³-hybridized carbons (Fsp3) is 0.917. The molecule has 2 atom stereocenters. The van der Waals surface area contributed by atoms with Gasteiger partial charge in [-0.2, -0.15) is 17.5 Å². The number of hydrogen-bond donors (Lipinski definition) is 0. The van der Waals surface area contributed by atoms with Gasteiger partial charge >= 0.3 is 12.1 Å². The molecule has 0 heterocycles. The minimum Gasteiger partial charge on any atom is -0.469 e. The van der Waals surface area contributed by atoms with Crippen molar-refractivity contribution in [2.75, 3.05) is 20.2 Å². The van der Waals surface area contributed by atoms with Crippen molar-refractivity contribution in [2.24, 2.45) is 5.92 Å². The Morgan fingerprint density at radius 1 is 1.33 bits per heavy atom. The molecule has 1 aliphatic carbocycles. The van der Waals surface area contributed by atoms with Crippen LogP contribution in [0.4, 0.5) is 13.2 Å². The van der Waals surface area contributed by atoms with Gasteiger partial charge in [0.1, 0.15) is 6.54 Å². The van der Waals surface area contributed by atoms with Crippen LogP contribution in [-0.2, 0) is 19.6 Å². The van der Waals surface area contributed by atoms with Crippen LogP contribution in [0.2, 0.25) is 0 Å². The maximum Gasteiger partial charge on any atom is 0.402 e. The monoisotopic (exact) mass is 331 g/mol. The number of alkyl halides is 3. The second-order valence-electron chi connectivity index (χ2n) is 5.09. The summed E-state index contributed by atoms with van der Waals surface area (Å²) in [7, 11) is -3.05. The maximum absolute atomic E-state index is 12.6. The first-order chi connectivity index (χ1) is 9.63. The molecule has 1 fully saturated rings. The van der Waals surface area contributed by atoms with Crippen molar-refractivity contribution in [3.8, 4) is 0 Å². The molecule has 1 saturated carbocycles. The number of carbonyl (C=O) groups is 1. The summed E-state index contributed by atoms with van der Waals surface area (Å²) in [6.07, 6.45) is -3.36. The molecule has 0 spiro atoms. The van der Waals surface area contributed by atoms with Crippen LogP contribution in [0.25, 0.3) is 0 Å². The Kier molecular flexibility index (Phi) is 6.03. The minimum absolute atomic E-state index is 0.181. The third kappa shape index (κ3) is 4.57. The fourth-order valence-corrected chi connectivity index (χ4v) is 4.91. The van der Waals surface area contributed by atoms with E-state index in [4.69, 9.17) is 0 Å². The van der Waals surface area contributed by atoms with E-state index in [-0.39, 0.29) is 19.4 Å². The Morgan fingerprint density at radius 2 is 1.95 bits per heavy atom. The van der Waals surface area contributed by atoms with Gasteiger partial charge < -0.3 is 4.74 Å². The molecule has 21 heavy (non-hydrogen) atoms. The molecule has 0 bridgehead atoms. The third-order valence-corrected chi connectivity index (χ3v) is 5.89. The molecule has 0 amide bonds. The molecule has 0 N–H and O–H groups in total. The van der Waals surface area contributed by atoms with Crippen LogP contribution in [-0.4, -0.2) is 50.3 Å². The Morgan fingerprint density at radius 3 is 2.43 bits per heavy atom. The van der Waals surface area contributed by atoms with Crippen molar-refractivity contribution in [1.82, 2.24) is 4.31 Å². The predicted molar refractivity (Wildman–Crippen MR) is 70.0 cm³/mol. The summed E-state index contributed by atoms with van der Waals surface area (Å²) in [5.41, 5.74) is 0. The molecule has 124 valence electrons. The molecule has 0 saturated heterocycles. The first-order valence-electron chi connectivity index (χ1n) is 6.77. The van der Waals surface area contributed by atoms with Gasteiger partial charge in [0.05, 0.1) is 18.3 Å². The summed E-state index contributed by atoms with van der Waals surface area (Å²) < 4.78 is 67.6. The molecule has 0 aliphatic heterocycles. The van der Waals surface area contributed by atoms with E-state index in [1.165, 1.54) is 0 Å². The molecule has 1 aliphatic rings. The number of halogens is 3. The third-order valence-electron chi connectivity index (χ3n) is 3.53. The summed E-state index contributed by atoms with van der Waals surface area (Å²) in [6.45, 7) is -0.134. The van der Waals surface area contributed by atoms with Gasteiger partial charge in [0.15, 0.2) is 0 Å². The zero-order valence-corrected chi connectivity index (χ0v) is 12.8. The van der Waals surface area contributed by atoms with E-state index in [2.05, 4.69) is 4.74 Å². The van der Waals surface area contributed by atoms with Crippen LogP contribution < -0.4 is 0 Å². The lowest BCUT2D eigenvalue weighted by atomic mass is 10.1. The Balaban J connectivity index is 3.02. The predicted octanol–water partition coefficient (Wildman–Crippen LogP) is 1.93. The molecule has 0 aromatic carbocycles. The minimum atomic E-state index is -4.61. The van der Waals surface area contributed by atoms with Crippen molar-refractivity contribution < 1.29 is 31.1 Å². The van der Waals surface area contributed by atoms with Gasteiger partial charge in [-0.15, -0.1) is 0 Å². The van der Waals surface area contributed by atoms with Gasteiger partial charge in [0, 0.05) is 6.54 Å². The topological polar surface area (TPSA) is 63.7 Å². The number of ether oxygens (including phenoxy) is 1. The first kappa shape index (κ1) is 18.2. The van der Waals surface area contributed by atoms with Crippen molar-refractivity contribution in [1.29, 1.82) is 0 Å². The molecule has 0 aromatic rings. The summed E-state index contributed by atoms with van der Waals surface area (Å²) in [6, 6.07) is 0. The Hall–Kier alpha value is -0.830. The van der Waals surface area contributed by atoms with E-state index >= 15 is 0 Å². The van der Waals surface area contributed by atoms with Gasteiger partial charge in [-0.1, -0.05) is 13.3 Å². The fourth-order valence-electron chi connectivity index (χ4n) is 2.64. The molecular weight excluding hydrogens is 311 g/mol. The normalized spacial score (nSPS) is 23.5. The summed E-state index contributed by atoms with van der Waals surface area (Å²) in [4.78, 5) is 11.6. The number of nitrogens with zero attached hydrogens (tertiary/aromatic N) is 1. The van der Waals surface area contributed by atoms with Crippen molar-refractivity contribution in [3.63, 3.8) is 0 Å². The number of carbonyl (C=O) groups excluding carboxylic acids is 1. The van der Waals surface area contributed by atoms with Crippen LogP contribution >= 0.6 is 0 Å². The number of esters is 1. The maximum atomic E-state index is 12.6.